The molecule has 2 aromatic rings. The monoisotopic (exact) mass is 383 g/mol. The second kappa shape index (κ2) is 27.7. The van der Waals surface area contributed by atoms with Crippen molar-refractivity contribution in [3.8, 4) is 11.4 Å². The molecule has 150 valence electrons. The lowest BCUT2D eigenvalue weighted by Crippen LogP contribution is -1.79. The van der Waals surface area contributed by atoms with E-state index in [0.29, 0.717) is 5.82 Å². The van der Waals surface area contributed by atoms with Crippen molar-refractivity contribution in [2.45, 2.75) is 61.8 Å². The first kappa shape index (κ1) is 31.6. The third-order valence-corrected chi connectivity index (χ3v) is 2.24. The van der Waals surface area contributed by atoms with Gasteiger partial charge in [0.25, 0.3) is 0 Å². The molecule has 5 nitrogen and oxygen atoms in total. The van der Waals surface area contributed by atoms with Crippen LogP contribution >= 0.6 is 11.6 Å². The molecule has 26 heavy (non-hydrogen) atoms. The van der Waals surface area contributed by atoms with Crippen molar-refractivity contribution in [1.82, 2.24) is 15.2 Å². The van der Waals surface area contributed by atoms with Crippen molar-refractivity contribution < 1.29 is 0 Å². The van der Waals surface area contributed by atoms with Gasteiger partial charge in [0.15, 0.2) is 5.82 Å². The summed E-state index contributed by atoms with van der Waals surface area (Å²) in [6.45, 7) is 22.3. The highest BCUT2D eigenvalue weighted by Gasteiger charge is 2.01. The van der Waals surface area contributed by atoms with Crippen molar-refractivity contribution in [2.75, 3.05) is 0 Å². The molecule has 0 spiro atoms. The fraction of sp³-hybridized carbons (Fsp3) is 0.450. The number of aromatic amines is 1. The van der Waals surface area contributed by atoms with Gasteiger partial charge in [-0.25, -0.2) is 4.98 Å². The molecular formula is C20H38ClN5. The van der Waals surface area contributed by atoms with Gasteiger partial charge < -0.3 is 5.84 Å². The highest BCUT2D eigenvalue weighted by molar-refractivity contribution is 6.30. The third kappa shape index (κ3) is 19.9. The van der Waals surface area contributed by atoms with E-state index in [0.717, 1.165) is 22.8 Å². The van der Waals surface area contributed by atoms with Gasteiger partial charge in [-0.15, -0.1) is 6.58 Å². The molecule has 0 radical (unpaired) electrons. The minimum absolute atomic E-state index is 0.703. The number of aryl methyl sites for hydroxylation is 1. The number of H-pyrrole nitrogens is 1. The van der Waals surface area contributed by atoms with Crippen LogP contribution in [0, 0.1) is 6.92 Å². The number of aromatic nitrogens is 3. The van der Waals surface area contributed by atoms with Crippen molar-refractivity contribution in [1.29, 1.82) is 0 Å². The van der Waals surface area contributed by atoms with Crippen LogP contribution in [0.2, 0.25) is 5.02 Å². The average molecular weight is 384 g/mol. The molecule has 6 heteroatoms. The summed E-state index contributed by atoms with van der Waals surface area (Å²) in [6, 6.07) is 7.43. The van der Waals surface area contributed by atoms with E-state index in [1.54, 1.807) is 0 Å². The van der Waals surface area contributed by atoms with Gasteiger partial charge in [-0.3, -0.25) is 5.10 Å². The van der Waals surface area contributed by atoms with Crippen molar-refractivity contribution in [2.24, 2.45) is 10.9 Å². The summed E-state index contributed by atoms with van der Waals surface area (Å²) in [5.74, 6) is 5.87. The minimum Gasteiger partial charge on any atom is -0.324 e. The van der Waals surface area contributed by atoms with Gasteiger partial charge in [-0.05, 0) is 37.6 Å². The first-order chi connectivity index (χ1) is 12.6. The van der Waals surface area contributed by atoms with Crippen LogP contribution in [-0.2, 0) is 0 Å². The Bertz CT molecular complexity index is 507. The lowest BCUT2D eigenvalue weighted by molar-refractivity contribution is 1.04. The van der Waals surface area contributed by atoms with Crippen LogP contribution in [0.15, 0.2) is 42.0 Å². The van der Waals surface area contributed by atoms with E-state index >= 15 is 0 Å². The molecule has 0 bridgehead atoms. The number of hydrogen-bond donors (Lipinski definition) is 2. The van der Waals surface area contributed by atoms with Gasteiger partial charge in [-0.2, -0.15) is 10.2 Å². The number of rotatable bonds is 2. The second-order valence-electron chi connectivity index (χ2n) is 3.63. The Morgan fingerprint density at radius 3 is 1.77 bits per heavy atom. The largest absolute Gasteiger partial charge is 0.324 e. The van der Waals surface area contributed by atoms with Crippen LogP contribution in [0.25, 0.3) is 11.4 Å². The molecule has 2 rings (SSSR count). The number of nitrogens with zero attached hydrogens (tertiary/aromatic N) is 3. The Hall–Kier alpha value is -2.14. The summed E-state index contributed by atoms with van der Waals surface area (Å²) in [6.07, 6.45) is 2.96. The van der Waals surface area contributed by atoms with Crippen molar-refractivity contribution in [3.63, 3.8) is 0 Å². The maximum absolute atomic E-state index is 5.76. The molecular weight excluding hydrogens is 346 g/mol. The van der Waals surface area contributed by atoms with E-state index in [9.17, 15) is 0 Å². The zero-order chi connectivity index (χ0) is 21.4. The summed E-state index contributed by atoms with van der Waals surface area (Å²) in [5, 5.41) is 10.3. The molecule has 0 aliphatic rings. The summed E-state index contributed by atoms with van der Waals surface area (Å²) in [7, 11) is 0. The van der Waals surface area contributed by atoms with Crippen LogP contribution in [0.4, 0.5) is 0 Å². The number of nitrogens with one attached hydrogen (secondary N) is 1. The topological polar surface area (TPSA) is 79.9 Å². The van der Waals surface area contributed by atoms with Crippen LogP contribution in [-0.4, -0.2) is 21.9 Å². The van der Waals surface area contributed by atoms with Crippen LogP contribution in [0.5, 0.6) is 0 Å². The van der Waals surface area contributed by atoms with Gasteiger partial charge in [0.2, 0.25) is 0 Å². The smallest absolute Gasteiger partial charge is 0.181 e. The zero-order valence-electron chi connectivity index (χ0n) is 17.8. The Kier molecular flexibility index (Phi) is 33.7. The Morgan fingerprint density at radius 2 is 1.50 bits per heavy atom. The van der Waals surface area contributed by atoms with E-state index in [4.69, 9.17) is 11.6 Å². The third-order valence-electron chi connectivity index (χ3n) is 1.99. The molecule has 1 aromatic carbocycles. The normalized spacial score (nSPS) is 7.27. The van der Waals surface area contributed by atoms with Crippen molar-refractivity contribution >= 4 is 18.3 Å². The Balaban J connectivity index is -0.000000157. The number of benzene rings is 1. The van der Waals surface area contributed by atoms with Gasteiger partial charge in [0, 0.05) is 17.3 Å². The fourth-order valence-corrected chi connectivity index (χ4v) is 1.20. The number of halogens is 1. The Labute approximate surface area is 165 Å². The predicted molar refractivity (Wildman–Crippen MR) is 120 cm³/mol. The maximum Gasteiger partial charge on any atom is 0.181 e. The van der Waals surface area contributed by atoms with Gasteiger partial charge >= 0.3 is 0 Å². The van der Waals surface area contributed by atoms with Gasteiger partial charge in [0.05, 0.1) is 0 Å². The number of hydrazone groups is 1. The van der Waals surface area contributed by atoms with E-state index in [1.165, 1.54) is 0 Å². The molecule has 0 atom stereocenters. The molecule has 1 aromatic heterocycles. The lowest BCUT2D eigenvalue weighted by atomic mass is 10.2. The Morgan fingerprint density at radius 1 is 1.12 bits per heavy atom. The molecule has 3 N–H and O–H groups in total. The number of allylic oxidation sites excluding steroid dienone is 1. The highest BCUT2D eigenvalue weighted by Crippen LogP contribution is 2.17. The fourth-order valence-electron chi connectivity index (χ4n) is 1.07. The highest BCUT2D eigenvalue weighted by atomic mass is 35.5. The molecule has 0 saturated heterocycles. The summed E-state index contributed by atoms with van der Waals surface area (Å²) >= 11 is 5.76. The van der Waals surface area contributed by atoms with E-state index in [1.807, 2.05) is 78.8 Å². The van der Waals surface area contributed by atoms with Gasteiger partial charge in [-0.1, -0.05) is 66.1 Å². The molecule has 0 aliphatic heterocycles. The number of nitrogens with two attached hydrogens (primary N) is 1. The molecule has 0 unspecified atom stereocenters. The van der Waals surface area contributed by atoms with Crippen LogP contribution < -0.4 is 5.84 Å². The molecule has 1 heterocycles. The average Bonchev–Trinajstić information content (AvgIpc) is 3.14. The first-order valence-electron chi connectivity index (χ1n) is 9.00. The molecule has 0 fully saturated rings. The van der Waals surface area contributed by atoms with Gasteiger partial charge in [0.1, 0.15) is 5.82 Å². The summed E-state index contributed by atoms with van der Waals surface area (Å²) in [4.78, 5) is 4.20. The van der Waals surface area contributed by atoms with E-state index < -0.39 is 0 Å². The summed E-state index contributed by atoms with van der Waals surface area (Å²) < 4.78 is 0. The second-order valence-corrected chi connectivity index (χ2v) is 4.07. The molecule has 0 amide bonds. The minimum atomic E-state index is 0.703. The van der Waals surface area contributed by atoms with Crippen molar-refractivity contribution in [3.05, 3.63) is 47.8 Å². The maximum atomic E-state index is 5.76. The first-order valence-corrected chi connectivity index (χ1v) is 9.38. The SMILES string of the molecule is C=CCC.C=NN.CC.CC.CC.Cc1nc(-c2ccc(Cl)cc2)n[nH]1. The predicted octanol–water partition coefficient (Wildman–Crippen LogP) is 6.66. The molecule has 0 saturated carbocycles. The van der Waals surface area contributed by atoms with E-state index in [2.05, 4.69) is 46.3 Å². The zero-order valence-corrected chi connectivity index (χ0v) is 18.6. The lowest BCUT2D eigenvalue weighted by Gasteiger charge is -1.93. The quantitative estimate of drug-likeness (QED) is 0.263. The molecule has 0 aliphatic carbocycles. The van der Waals surface area contributed by atoms with Crippen LogP contribution in [0.3, 0.4) is 0 Å². The summed E-state index contributed by atoms with van der Waals surface area (Å²) in [5.41, 5.74) is 0.966. The number of hydrogen-bond acceptors (Lipinski definition) is 4. The van der Waals surface area contributed by atoms with Crippen LogP contribution in [0.1, 0.15) is 60.7 Å². The van der Waals surface area contributed by atoms with E-state index in [-0.39, 0.29) is 0 Å². The standard InChI is InChI=1S/C9H8ClN3.C4H8.3C2H6.CH4N2/c1-6-11-9(13-12-6)7-2-4-8(10)5-3-7;1-3-4-2;3*1-2;1-3-2/h2-5H,1H3,(H,11,12,13);3H,1,4H2,2H3;3*1-2H3;1-2H2.